The van der Waals surface area contributed by atoms with Crippen LogP contribution in [0, 0.1) is 13.8 Å². The van der Waals surface area contributed by atoms with Crippen LogP contribution in [0.15, 0.2) is 53.7 Å². The molecule has 0 unspecified atom stereocenters. The molecule has 1 aliphatic rings. The first kappa shape index (κ1) is 24.5. The molecule has 1 saturated heterocycles. The third-order valence-corrected chi connectivity index (χ3v) is 7.40. The minimum absolute atomic E-state index is 0.0943. The zero-order valence-electron chi connectivity index (χ0n) is 20.5. The Kier molecular flexibility index (Phi) is 8.40. The summed E-state index contributed by atoms with van der Waals surface area (Å²) in [5.41, 5.74) is 4.85. The first-order valence-electron chi connectivity index (χ1n) is 12.1. The Morgan fingerprint density at radius 2 is 1.76 bits per heavy atom. The van der Waals surface area contributed by atoms with Gasteiger partial charge in [0.25, 0.3) is 0 Å². The van der Waals surface area contributed by atoms with Crippen LogP contribution in [0.3, 0.4) is 0 Å². The van der Waals surface area contributed by atoms with Gasteiger partial charge in [0, 0.05) is 13.6 Å². The summed E-state index contributed by atoms with van der Waals surface area (Å²) in [6.07, 6.45) is 3.80. The van der Waals surface area contributed by atoms with Gasteiger partial charge in [-0.2, -0.15) is 0 Å². The molecule has 3 aromatic rings. The van der Waals surface area contributed by atoms with Crippen molar-refractivity contribution in [1.82, 2.24) is 24.6 Å². The van der Waals surface area contributed by atoms with Crippen LogP contribution in [0.1, 0.15) is 47.3 Å². The van der Waals surface area contributed by atoms with Crippen molar-refractivity contribution in [3.05, 3.63) is 76.6 Å². The molecular weight excluding hydrogens is 442 g/mol. The van der Waals surface area contributed by atoms with Crippen LogP contribution in [0.25, 0.3) is 0 Å². The largest absolute Gasteiger partial charge is 0.341 e. The lowest BCUT2D eigenvalue weighted by atomic mass is 10.1. The van der Waals surface area contributed by atoms with Crippen molar-refractivity contribution >= 4 is 17.7 Å². The molecule has 1 aliphatic heterocycles. The van der Waals surface area contributed by atoms with Gasteiger partial charge in [-0.25, -0.2) is 0 Å². The number of carbonyl (C=O) groups is 1. The van der Waals surface area contributed by atoms with Crippen LogP contribution < -0.4 is 0 Å². The highest BCUT2D eigenvalue weighted by Gasteiger charge is 2.19. The molecule has 0 spiro atoms. The van der Waals surface area contributed by atoms with Crippen molar-refractivity contribution in [3.63, 3.8) is 0 Å². The molecule has 6 nitrogen and oxygen atoms in total. The van der Waals surface area contributed by atoms with Crippen molar-refractivity contribution < 1.29 is 4.79 Å². The summed E-state index contributed by atoms with van der Waals surface area (Å²) < 4.78 is 2.19. The quantitative estimate of drug-likeness (QED) is 0.419. The van der Waals surface area contributed by atoms with E-state index >= 15 is 0 Å². The van der Waals surface area contributed by atoms with E-state index in [4.69, 9.17) is 0 Å². The van der Waals surface area contributed by atoms with E-state index in [1.54, 1.807) is 4.90 Å². The number of amides is 1. The zero-order valence-corrected chi connectivity index (χ0v) is 21.4. The number of thioether (sulfide) groups is 1. The molecule has 0 atom stereocenters. The van der Waals surface area contributed by atoms with E-state index in [0.717, 1.165) is 30.6 Å². The van der Waals surface area contributed by atoms with Crippen molar-refractivity contribution in [2.24, 2.45) is 0 Å². The normalized spacial score (nSPS) is 14.3. The molecule has 1 aromatic heterocycles. The Hall–Kier alpha value is -2.64. The second kappa shape index (κ2) is 11.7. The summed E-state index contributed by atoms with van der Waals surface area (Å²) >= 11 is 1.48. The fourth-order valence-corrected chi connectivity index (χ4v) is 5.29. The summed E-state index contributed by atoms with van der Waals surface area (Å²) in [4.78, 5) is 17.2. The van der Waals surface area contributed by atoms with E-state index in [1.165, 1.54) is 53.3 Å². The van der Waals surface area contributed by atoms with E-state index < -0.39 is 0 Å². The van der Waals surface area contributed by atoms with Gasteiger partial charge >= 0.3 is 0 Å². The van der Waals surface area contributed by atoms with Crippen molar-refractivity contribution in [1.29, 1.82) is 0 Å². The Bertz CT molecular complexity index is 1090. The van der Waals surface area contributed by atoms with Crippen molar-refractivity contribution in [2.75, 3.05) is 25.9 Å². The number of benzene rings is 2. The number of piperidine rings is 1. The molecule has 1 amide bonds. The topological polar surface area (TPSA) is 54.3 Å². The van der Waals surface area contributed by atoms with Gasteiger partial charge in [0.1, 0.15) is 5.82 Å². The number of aromatic nitrogens is 3. The predicted molar refractivity (Wildman–Crippen MR) is 138 cm³/mol. The number of rotatable bonds is 9. The lowest BCUT2D eigenvalue weighted by Gasteiger charge is -2.26. The molecule has 2 aromatic carbocycles. The summed E-state index contributed by atoms with van der Waals surface area (Å²) in [6, 6.07) is 16.8. The molecule has 1 fully saturated rings. The maximum absolute atomic E-state index is 12.9. The van der Waals surface area contributed by atoms with Crippen molar-refractivity contribution in [3.8, 4) is 0 Å². The smallest absolute Gasteiger partial charge is 0.233 e. The lowest BCUT2D eigenvalue weighted by Crippen LogP contribution is -2.30. The maximum atomic E-state index is 12.9. The Labute approximate surface area is 207 Å². The average Bonchev–Trinajstić information content (AvgIpc) is 3.21. The first-order chi connectivity index (χ1) is 16.5. The van der Waals surface area contributed by atoms with Gasteiger partial charge < -0.3 is 9.47 Å². The molecule has 0 bridgehead atoms. The summed E-state index contributed by atoms with van der Waals surface area (Å²) in [5.74, 6) is 1.42. The number of hydrogen-bond acceptors (Lipinski definition) is 5. The number of aryl methyl sites for hydroxylation is 2. The predicted octanol–water partition coefficient (Wildman–Crippen LogP) is 4.68. The third-order valence-electron chi connectivity index (χ3n) is 6.45. The van der Waals surface area contributed by atoms with E-state index in [1.807, 2.05) is 13.1 Å². The van der Waals surface area contributed by atoms with Gasteiger partial charge in [0.2, 0.25) is 5.91 Å². The van der Waals surface area contributed by atoms with Gasteiger partial charge in [-0.1, -0.05) is 72.3 Å². The Balaban J connectivity index is 1.44. The molecule has 180 valence electrons. The number of hydrogen-bond donors (Lipinski definition) is 0. The van der Waals surface area contributed by atoms with Gasteiger partial charge in [0.05, 0.1) is 18.8 Å². The van der Waals surface area contributed by atoms with E-state index in [9.17, 15) is 4.79 Å². The maximum Gasteiger partial charge on any atom is 0.233 e. The minimum Gasteiger partial charge on any atom is -0.341 e. The lowest BCUT2D eigenvalue weighted by molar-refractivity contribution is -0.127. The zero-order chi connectivity index (χ0) is 23.9. The van der Waals surface area contributed by atoms with Gasteiger partial charge in [-0.05, 0) is 56.5 Å². The van der Waals surface area contributed by atoms with Crippen LogP contribution in [0.5, 0.6) is 0 Å². The van der Waals surface area contributed by atoms with E-state index in [2.05, 4.69) is 76.0 Å². The average molecular weight is 478 g/mol. The highest BCUT2D eigenvalue weighted by Crippen LogP contribution is 2.22. The highest BCUT2D eigenvalue weighted by molar-refractivity contribution is 7.99. The van der Waals surface area contributed by atoms with Crippen LogP contribution in [-0.2, 0) is 24.4 Å². The van der Waals surface area contributed by atoms with E-state index in [-0.39, 0.29) is 5.91 Å². The monoisotopic (exact) mass is 477 g/mol. The number of carbonyl (C=O) groups excluding carboxylic acids is 1. The summed E-state index contributed by atoms with van der Waals surface area (Å²) in [6.45, 7) is 8.55. The van der Waals surface area contributed by atoms with E-state index in [0.29, 0.717) is 18.8 Å². The standard InChI is InChI=1S/C27H35N5OS/c1-21-12-13-24(22(2)16-21)18-30(3)26(33)20-34-27-29-28-25(19-31-14-8-5-9-15-31)32(27)17-23-10-6-4-7-11-23/h4,6-7,10-13,16H,5,8-9,14-15,17-20H2,1-3H3. The fourth-order valence-electron chi connectivity index (χ4n) is 4.39. The SMILES string of the molecule is Cc1ccc(CN(C)C(=O)CSc2nnc(CN3CCCCC3)n2Cc2ccccc2)c(C)c1. The Morgan fingerprint density at radius 1 is 1.00 bits per heavy atom. The minimum atomic E-state index is 0.0943. The number of nitrogens with zero attached hydrogens (tertiary/aromatic N) is 5. The molecule has 4 rings (SSSR count). The van der Waals surface area contributed by atoms with Crippen LogP contribution in [0.4, 0.5) is 0 Å². The Morgan fingerprint density at radius 3 is 2.50 bits per heavy atom. The highest BCUT2D eigenvalue weighted by atomic mass is 32.2. The molecule has 7 heteroatoms. The van der Waals surface area contributed by atoms with Gasteiger partial charge in [-0.3, -0.25) is 9.69 Å². The molecule has 0 radical (unpaired) electrons. The first-order valence-corrected chi connectivity index (χ1v) is 13.1. The number of likely N-dealkylation sites (tertiary alicyclic amines) is 1. The summed E-state index contributed by atoms with van der Waals surface area (Å²) in [7, 11) is 1.87. The second-order valence-corrected chi connectivity index (χ2v) is 10.2. The molecule has 0 saturated carbocycles. The second-order valence-electron chi connectivity index (χ2n) is 9.28. The molecule has 34 heavy (non-hydrogen) atoms. The van der Waals surface area contributed by atoms with Crippen molar-refractivity contribution in [2.45, 2.75) is 57.9 Å². The van der Waals surface area contributed by atoms with Crippen LogP contribution >= 0.6 is 11.8 Å². The van der Waals surface area contributed by atoms with Crippen LogP contribution in [-0.4, -0.2) is 56.4 Å². The molecule has 0 aliphatic carbocycles. The fraction of sp³-hybridized carbons (Fsp3) is 0.444. The molecule has 0 N–H and O–H groups in total. The van der Waals surface area contributed by atoms with Gasteiger partial charge in [0.15, 0.2) is 5.16 Å². The summed E-state index contributed by atoms with van der Waals surface area (Å²) in [5, 5.41) is 9.85. The molecule has 2 heterocycles. The molecular formula is C27H35N5OS. The van der Waals surface area contributed by atoms with Crippen LogP contribution in [0.2, 0.25) is 0 Å². The van der Waals surface area contributed by atoms with Gasteiger partial charge in [-0.15, -0.1) is 10.2 Å². The third kappa shape index (κ3) is 6.48.